The van der Waals surface area contributed by atoms with Crippen molar-refractivity contribution in [1.82, 2.24) is 5.32 Å². The number of methoxy groups -OCH3 is 1. The Kier molecular flexibility index (Phi) is 5.45. The predicted molar refractivity (Wildman–Crippen MR) is 86.0 cm³/mol. The summed E-state index contributed by atoms with van der Waals surface area (Å²) in [6.07, 6.45) is 3.75. The minimum atomic E-state index is 0.105. The second-order valence-electron chi connectivity index (χ2n) is 5.29. The Labute approximate surface area is 127 Å². The fraction of sp³-hybridized carbons (Fsp3) is 0.444. The molecule has 0 saturated carbocycles. The molecule has 114 valence electrons. The molecule has 0 aliphatic rings. The molecule has 21 heavy (non-hydrogen) atoms. The normalized spacial score (nSPS) is 12.4. The van der Waals surface area contributed by atoms with Crippen molar-refractivity contribution in [1.29, 1.82) is 0 Å². The van der Waals surface area contributed by atoms with Crippen molar-refractivity contribution in [2.45, 2.75) is 39.7 Å². The highest BCUT2D eigenvalue weighted by molar-refractivity contribution is 5.44. The van der Waals surface area contributed by atoms with E-state index in [0.717, 1.165) is 30.9 Å². The number of hydrogen-bond acceptors (Lipinski definition) is 3. The van der Waals surface area contributed by atoms with Crippen molar-refractivity contribution >= 4 is 0 Å². The van der Waals surface area contributed by atoms with Crippen LogP contribution in [0.5, 0.6) is 5.75 Å². The fourth-order valence-electron chi connectivity index (χ4n) is 2.65. The van der Waals surface area contributed by atoms with Crippen LogP contribution in [0.25, 0.3) is 0 Å². The van der Waals surface area contributed by atoms with Gasteiger partial charge in [-0.1, -0.05) is 31.5 Å². The maximum absolute atomic E-state index is 5.62. The fourth-order valence-corrected chi connectivity index (χ4v) is 2.65. The summed E-state index contributed by atoms with van der Waals surface area (Å²) in [6.45, 7) is 7.35. The van der Waals surface area contributed by atoms with Crippen LogP contribution < -0.4 is 10.1 Å². The predicted octanol–water partition coefficient (Wildman–Crippen LogP) is 4.25. The third-order valence-electron chi connectivity index (χ3n) is 3.71. The van der Waals surface area contributed by atoms with Crippen LogP contribution >= 0.6 is 0 Å². The molecule has 0 radical (unpaired) electrons. The van der Waals surface area contributed by atoms with Crippen LogP contribution in [0.1, 0.15) is 48.8 Å². The first-order valence-corrected chi connectivity index (χ1v) is 7.65. The van der Waals surface area contributed by atoms with E-state index in [1.165, 1.54) is 16.7 Å². The average molecular weight is 287 g/mol. The van der Waals surface area contributed by atoms with E-state index in [2.05, 4.69) is 44.3 Å². The number of rotatable bonds is 7. The SMILES string of the molecule is CCCNC(c1cc(C)ccc1OC)c1ccoc1CC. The summed E-state index contributed by atoms with van der Waals surface area (Å²) in [5.74, 6) is 1.95. The highest BCUT2D eigenvalue weighted by Gasteiger charge is 2.21. The Morgan fingerprint density at radius 1 is 1.19 bits per heavy atom. The molecule has 1 aromatic heterocycles. The zero-order chi connectivity index (χ0) is 15.2. The number of ether oxygens (including phenoxy) is 1. The monoisotopic (exact) mass is 287 g/mol. The van der Waals surface area contributed by atoms with E-state index in [9.17, 15) is 0 Å². The Morgan fingerprint density at radius 3 is 2.67 bits per heavy atom. The smallest absolute Gasteiger partial charge is 0.124 e. The van der Waals surface area contributed by atoms with Gasteiger partial charge < -0.3 is 14.5 Å². The van der Waals surface area contributed by atoms with Gasteiger partial charge in [-0.15, -0.1) is 0 Å². The van der Waals surface area contributed by atoms with Crippen LogP contribution in [0.15, 0.2) is 34.9 Å². The molecular formula is C18H25NO2. The zero-order valence-corrected chi connectivity index (χ0v) is 13.4. The summed E-state index contributed by atoms with van der Waals surface area (Å²) in [6, 6.07) is 8.48. The lowest BCUT2D eigenvalue weighted by Gasteiger charge is -2.22. The van der Waals surface area contributed by atoms with Crippen molar-refractivity contribution in [3.63, 3.8) is 0 Å². The first-order chi connectivity index (χ1) is 10.2. The minimum absolute atomic E-state index is 0.105. The first kappa shape index (κ1) is 15.6. The molecule has 1 aromatic carbocycles. The molecule has 1 unspecified atom stereocenters. The quantitative estimate of drug-likeness (QED) is 0.826. The van der Waals surface area contributed by atoms with E-state index in [-0.39, 0.29) is 6.04 Å². The maximum Gasteiger partial charge on any atom is 0.124 e. The van der Waals surface area contributed by atoms with Crippen LogP contribution in [0.2, 0.25) is 0 Å². The molecule has 1 atom stereocenters. The molecule has 3 nitrogen and oxygen atoms in total. The van der Waals surface area contributed by atoms with Crippen molar-refractivity contribution < 1.29 is 9.15 Å². The summed E-state index contributed by atoms with van der Waals surface area (Å²) in [5.41, 5.74) is 3.60. The van der Waals surface area contributed by atoms with Crippen molar-refractivity contribution in [3.05, 3.63) is 53.0 Å². The van der Waals surface area contributed by atoms with Gasteiger partial charge in [0.2, 0.25) is 0 Å². The molecular weight excluding hydrogens is 262 g/mol. The minimum Gasteiger partial charge on any atom is -0.496 e. The molecule has 1 N–H and O–H groups in total. The van der Waals surface area contributed by atoms with E-state index >= 15 is 0 Å². The van der Waals surface area contributed by atoms with E-state index in [1.807, 2.05) is 6.07 Å². The van der Waals surface area contributed by atoms with Crippen molar-refractivity contribution in [3.8, 4) is 5.75 Å². The largest absolute Gasteiger partial charge is 0.496 e. The molecule has 2 rings (SSSR count). The lowest BCUT2D eigenvalue weighted by Crippen LogP contribution is -2.24. The second-order valence-corrected chi connectivity index (χ2v) is 5.29. The Balaban J connectivity index is 2.47. The second kappa shape index (κ2) is 7.32. The summed E-state index contributed by atoms with van der Waals surface area (Å²) in [5, 5.41) is 3.62. The molecule has 0 aliphatic heterocycles. The van der Waals surface area contributed by atoms with Crippen molar-refractivity contribution in [2.75, 3.05) is 13.7 Å². The highest BCUT2D eigenvalue weighted by Crippen LogP contribution is 2.33. The van der Waals surface area contributed by atoms with E-state index < -0.39 is 0 Å². The summed E-state index contributed by atoms with van der Waals surface area (Å²) in [7, 11) is 1.72. The number of benzene rings is 1. The molecule has 0 bridgehead atoms. The van der Waals surface area contributed by atoms with E-state index in [4.69, 9.17) is 9.15 Å². The number of hydrogen-bond donors (Lipinski definition) is 1. The van der Waals surface area contributed by atoms with Gasteiger partial charge in [-0.3, -0.25) is 0 Å². The van der Waals surface area contributed by atoms with Crippen LogP contribution in [0, 0.1) is 6.92 Å². The zero-order valence-electron chi connectivity index (χ0n) is 13.4. The third-order valence-corrected chi connectivity index (χ3v) is 3.71. The molecule has 0 saturated heterocycles. The van der Waals surface area contributed by atoms with Gasteiger partial charge in [0, 0.05) is 17.5 Å². The van der Waals surface area contributed by atoms with Crippen molar-refractivity contribution in [2.24, 2.45) is 0 Å². The lowest BCUT2D eigenvalue weighted by atomic mass is 9.95. The van der Waals surface area contributed by atoms with Gasteiger partial charge in [0.1, 0.15) is 11.5 Å². The topological polar surface area (TPSA) is 34.4 Å². The molecule has 3 heteroatoms. The third kappa shape index (κ3) is 3.48. The van der Waals surface area contributed by atoms with Gasteiger partial charge in [-0.25, -0.2) is 0 Å². The number of furan rings is 1. The maximum atomic E-state index is 5.62. The van der Waals surface area contributed by atoms with Gasteiger partial charge >= 0.3 is 0 Å². The van der Waals surface area contributed by atoms with E-state index in [1.54, 1.807) is 13.4 Å². The Morgan fingerprint density at radius 2 is 2.00 bits per heavy atom. The van der Waals surface area contributed by atoms with Gasteiger partial charge in [0.05, 0.1) is 19.4 Å². The van der Waals surface area contributed by atoms with Crippen LogP contribution in [-0.4, -0.2) is 13.7 Å². The van der Waals surface area contributed by atoms with E-state index in [0.29, 0.717) is 0 Å². The molecule has 0 fully saturated rings. The Bertz CT molecular complexity index is 574. The van der Waals surface area contributed by atoms with Gasteiger partial charge in [-0.05, 0) is 32.0 Å². The van der Waals surface area contributed by atoms with Crippen LogP contribution in [0.3, 0.4) is 0 Å². The molecule has 0 spiro atoms. The summed E-state index contributed by atoms with van der Waals surface area (Å²) < 4.78 is 11.2. The highest BCUT2D eigenvalue weighted by atomic mass is 16.5. The standard InChI is InChI=1S/C18H25NO2/c1-5-10-19-18(14-9-11-21-16(14)6-2)15-12-13(3)7-8-17(15)20-4/h7-9,11-12,18-19H,5-6,10H2,1-4H3. The van der Waals surface area contributed by atoms with Crippen LogP contribution in [0.4, 0.5) is 0 Å². The number of aryl methyl sites for hydroxylation is 2. The van der Waals surface area contributed by atoms with Gasteiger partial charge in [-0.2, -0.15) is 0 Å². The molecule has 2 aromatic rings. The first-order valence-electron chi connectivity index (χ1n) is 7.65. The molecule has 0 amide bonds. The summed E-state index contributed by atoms with van der Waals surface area (Å²) in [4.78, 5) is 0. The van der Waals surface area contributed by atoms with Crippen LogP contribution in [-0.2, 0) is 6.42 Å². The Hall–Kier alpha value is -1.74. The lowest BCUT2D eigenvalue weighted by molar-refractivity contribution is 0.403. The number of nitrogens with one attached hydrogen (secondary N) is 1. The molecule has 0 aliphatic carbocycles. The average Bonchev–Trinajstić information content (AvgIpc) is 2.96. The summed E-state index contributed by atoms with van der Waals surface area (Å²) >= 11 is 0. The van der Waals surface area contributed by atoms with Gasteiger partial charge in [0.25, 0.3) is 0 Å². The van der Waals surface area contributed by atoms with Gasteiger partial charge in [0.15, 0.2) is 0 Å². The molecule has 1 heterocycles.